The molecule has 0 radical (unpaired) electrons. The van der Waals surface area contributed by atoms with Gasteiger partial charge in [-0.1, -0.05) is 12.1 Å². The second kappa shape index (κ2) is 6.76. The molecule has 1 unspecified atom stereocenters. The summed E-state index contributed by atoms with van der Waals surface area (Å²) in [6.45, 7) is 1.04. The van der Waals surface area contributed by atoms with E-state index in [1.54, 1.807) is 6.07 Å². The predicted molar refractivity (Wildman–Crippen MR) is 69.5 cm³/mol. The number of methoxy groups -OCH3 is 1. The van der Waals surface area contributed by atoms with Crippen molar-refractivity contribution in [1.29, 1.82) is 0 Å². The number of aliphatic hydroxyl groups excluding tert-OH is 1. The van der Waals surface area contributed by atoms with Gasteiger partial charge >= 0.3 is 0 Å². The highest BCUT2D eigenvalue weighted by Crippen LogP contribution is 2.12. The number of hydrogen-bond acceptors (Lipinski definition) is 5. The van der Waals surface area contributed by atoms with Gasteiger partial charge in [-0.3, -0.25) is 4.79 Å². The van der Waals surface area contributed by atoms with E-state index >= 15 is 0 Å². The molecule has 7 heteroatoms. The van der Waals surface area contributed by atoms with Crippen LogP contribution in [-0.2, 0) is 14.8 Å². The van der Waals surface area contributed by atoms with E-state index in [-0.39, 0.29) is 23.9 Å². The molecule has 0 aliphatic heterocycles. The number of ether oxygens (including phenoxy) is 1. The molecule has 1 rings (SSSR count). The summed E-state index contributed by atoms with van der Waals surface area (Å²) in [7, 11) is -2.38. The normalized spacial score (nSPS) is 13.2. The van der Waals surface area contributed by atoms with Crippen molar-refractivity contribution in [2.45, 2.75) is 17.9 Å². The zero-order chi connectivity index (χ0) is 14.5. The van der Waals surface area contributed by atoms with Gasteiger partial charge in [0.05, 0.1) is 24.2 Å². The summed E-state index contributed by atoms with van der Waals surface area (Å²) in [5.41, 5.74) is 0.315. The van der Waals surface area contributed by atoms with Crippen LogP contribution in [0.3, 0.4) is 0 Å². The fraction of sp³-hybridized carbons (Fsp3) is 0.417. The number of sulfonamides is 1. The lowest BCUT2D eigenvalue weighted by atomic mass is 10.2. The summed E-state index contributed by atoms with van der Waals surface area (Å²) in [4.78, 5) is 11.2. The maximum atomic E-state index is 12.1. The molecule has 19 heavy (non-hydrogen) atoms. The fourth-order valence-corrected chi connectivity index (χ4v) is 2.75. The molecule has 0 aliphatic carbocycles. The molecule has 0 heterocycles. The van der Waals surface area contributed by atoms with Crippen LogP contribution in [0.5, 0.6) is 0 Å². The zero-order valence-electron chi connectivity index (χ0n) is 10.8. The van der Waals surface area contributed by atoms with E-state index in [4.69, 9.17) is 9.84 Å². The third-order valence-electron chi connectivity index (χ3n) is 2.46. The lowest BCUT2D eigenvalue weighted by Crippen LogP contribution is -2.40. The molecule has 1 aromatic rings. The molecule has 2 N–H and O–H groups in total. The van der Waals surface area contributed by atoms with Crippen LogP contribution in [0, 0.1) is 0 Å². The number of aliphatic hydroxyl groups is 1. The number of hydrogen-bond donors (Lipinski definition) is 2. The van der Waals surface area contributed by atoms with Gasteiger partial charge in [-0.15, -0.1) is 0 Å². The minimum absolute atomic E-state index is 0.0187. The Kier molecular flexibility index (Phi) is 5.61. The highest BCUT2D eigenvalue weighted by molar-refractivity contribution is 7.89. The van der Waals surface area contributed by atoms with E-state index in [1.807, 2.05) is 0 Å². The van der Waals surface area contributed by atoms with Gasteiger partial charge in [-0.05, 0) is 19.1 Å². The van der Waals surface area contributed by atoms with Crippen LogP contribution in [0.1, 0.15) is 17.3 Å². The van der Waals surface area contributed by atoms with E-state index in [9.17, 15) is 13.2 Å². The first kappa shape index (κ1) is 15.8. The lowest BCUT2D eigenvalue weighted by Gasteiger charge is -2.15. The van der Waals surface area contributed by atoms with Gasteiger partial charge in [0.15, 0.2) is 5.78 Å². The van der Waals surface area contributed by atoms with Gasteiger partial charge in [-0.2, -0.15) is 0 Å². The average molecular weight is 287 g/mol. The van der Waals surface area contributed by atoms with E-state index < -0.39 is 16.1 Å². The molecule has 0 saturated heterocycles. The third-order valence-corrected chi connectivity index (χ3v) is 3.98. The highest BCUT2D eigenvalue weighted by Gasteiger charge is 2.20. The molecule has 0 bridgehead atoms. The monoisotopic (exact) mass is 287 g/mol. The molecule has 0 amide bonds. The minimum atomic E-state index is -3.79. The average Bonchev–Trinajstić information content (AvgIpc) is 2.38. The molecule has 1 aromatic carbocycles. The Labute approximate surface area is 112 Å². The van der Waals surface area contributed by atoms with Crippen molar-refractivity contribution in [3.63, 3.8) is 0 Å². The quantitative estimate of drug-likeness (QED) is 0.698. The smallest absolute Gasteiger partial charge is 0.240 e. The number of ketones is 1. The van der Waals surface area contributed by atoms with Gasteiger partial charge < -0.3 is 9.84 Å². The summed E-state index contributed by atoms with van der Waals surface area (Å²) >= 11 is 0. The molecule has 106 valence electrons. The van der Waals surface area contributed by atoms with Gasteiger partial charge in [0, 0.05) is 12.7 Å². The van der Waals surface area contributed by atoms with Crippen LogP contribution in [0.25, 0.3) is 0 Å². The van der Waals surface area contributed by atoms with Crippen molar-refractivity contribution >= 4 is 15.8 Å². The second-order valence-electron chi connectivity index (χ2n) is 4.04. The third kappa shape index (κ3) is 4.39. The second-order valence-corrected chi connectivity index (χ2v) is 5.75. The van der Waals surface area contributed by atoms with Crippen LogP contribution in [0.2, 0.25) is 0 Å². The molecule has 0 aromatic heterocycles. The summed E-state index contributed by atoms with van der Waals surface area (Å²) < 4.78 is 31.2. The van der Waals surface area contributed by atoms with Crippen molar-refractivity contribution in [2.75, 3.05) is 20.3 Å². The minimum Gasteiger partial charge on any atom is -0.395 e. The van der Waals surface area contributed by atoms with Crippen LogP contribution in [0.4, 0.5) is 0 Å². The predicted octanol–water partition coefficient (Wildman–Crippen LogP) is 0.175. The SMILES string of the molecule is COCC(CO)NS(=O)(=O)c1cccc(C(C)=O)c1. The summed E-state index contributed by atoms with van der Waals surface area (Å²) in [6.07, 6.45) is 0. The fourth-order valence-electron chi connectivity index (χ4n) is 1.49. The van der Waals surface area contributed by atoms with Crippen LogP contribution in [-0.4, -0.2) is 45.7 Å². The standard InChI is InChI=1S/C12H17NO5S/c1-9(15)10-4-3-5-12(6-10)19(16,17)13-11(7-14)8-18-2/h3-6,11,13-14H,7-8H2,1-2H3. The number of rotatable bonds is 7. The molecule has 1 atom stereocenters. The van der Waals surface area contributed by atoms with Crippen molar-refractivity contribution < 1.29 is 23.1 Å². The van der Waals surface area contributed by atoms with Gasteiger partial charge in [0.1, 0.15) is 0 Å². The number of Topliss-reactive ketones (excluding diaryl/α,β-unsaturated/α-hetero) is 1. The Morgan fingerprint density at radius 2 is 2.16 bits per heavy atom. The summed E-state index contributed by atoms with van der Waals surface area (Å²) in [6, 6.07) is 4.99. The maximum absolute atomic E-state index is 12.1. The number of nitrogens with one attached hydrogen (secondary N) is 1. The maximum Gasteiger partial charge on any atom is 0.240 e. The van der Waals surface area contributed by atoms with E-state index in [0.29, 0.717) is 5.56 Å². The first-order valence-corrected chi connectivity index (χ1v) is 7.12. The van der Waals surface area contributed by atoms with E-state index in [0.717, 1.165) is 0 Å². The van der Waals surface area contributed by atoms with Gasteiger partial charge in [0.25, 0.3) is 0 Å². The number of carbonyl (C=O) groups excluding carboxylic acids is 1. The molecule has 0 fully saturated rings. The Morgan fingerprint density at radius 1 is 1.47 bits per heavy atom. The topological polar surface area (TPSA) is 92.7 Å². The molecule has 0 saturated carbocycles. The Bertz CT molecular complexity index is 541. The first-order valence-electron chi connectivity index (χ1n) is 5.64. The lowest BCUT2D eigenvalue weighted by molar-refractivity contribution is 0.101. The largest absolute Gasteiger partial charge is 0.395 e. The summed E-state index contributed by atoms with van der Waals surface area (Å²) in [5, 5.41) is 9.05. The van der Waals surface area contributed by atoms with Crippen LogP contribution in [0.15, 0.2) is 29.2 Å². The zero-order valence-corrected chi connectivity index (χ0v) is 11.6. The van der Waals surface area contributed by atoms with Gasteiger partial charge in [0.2, 0.25) is 10.0 Å². The molecule has 0 spiro atoms. The van der Waals surface area contributed by atoms with Gasteiger partial charge in [-0.25, -0.2) is 13.1 Å². The van der Waals surface area contributed by atoms with Crippen molar-refractivity contribution in [1.82, 2.24) is 4.72 Å². The van der Waals surface area contributed by atoms with Crippen molar-refractivity contribution in [2.24, 2.45) is 0 Å². The van der Waals surface area contributed by atoms with Crippen molar-refractivity contribution in [3.8, 4) is 0 Å². The van der Waals surface area contributed by atoms with E-state index in [1.165, 1.54) is 32.2 Å². The molecular formula is C12H17NO5S. The van der Waals surface area contributed by atoms with E-state index in [2.05, 4.69) is 4.72 Å². The first-order chi connectivity index (χ1) is 8.90. The Balaban J connectivity index is 2.99. The van der Waals surface area contributed by atoms with Crippen molar-refractivity contribution in [3.05, 3.63) is 29.8 Å². The Morgan fingerprint density at radius 3 is 2.68 bits per heavy atom. The number of carbonyl (C=O) groups is 1. The summed E-state index contributed by atoms with van der Waals surface area (Å²) in [5.74, 6) is -0.215. The van der Waals surface area contributed by atoms with Crippen LogP contribution < -0.4 is 4.72 Å². The Hall–Kier alpha value is -1.28. The molecule has 6 nitrogen and oxygen atoms in total. The molecule has 0 aliphatic rings. The highest BCUT2D eigenvalue weighted by atomic mass is 32.2. The number of benzene rings is 1. The molecular weight excluding hydrogens is 270 g/mol. The van der Waals surface area contributed by atoms with Crippen LogP contribution >= 0.6 is 0 Å².